The zero-order valence-corrected chi connectivity index (χ0v) is 45.7. The lowest BCUT2D eigenvalue weighted by molar-refractivity contribution is 0.332. The lowest BCUT2D eigenvalue weighted by Crippen LogP contribution is -2.41. The minimum Gasteiger partial charge on any atom is -0.456 e. The number of benzene rings is 9. The number of rotatable bonds is 8. The molecular weight excluding hydrogens is 922 g/mol. The van der Waals surface area contributed by atoms with Crippen LogP contribution in [0.3, 0.4) is 0 Å². The largest absolute Gasteiger partial charge is 0.456 e. The quantitative estimate of drug-likeness (QED) is 0.154. The molecule has 0 unspecified atom stereocenters. The third-order valence-corrected chi connectivity index (χ3v) is 17.9. The molecule has 1 aliphatic heterocycles. The maximum absolute atomic E-state index is 6.77. The molecule has 0 spiro atoms. The SMILES string of the molecule is Cc1cc2c(cc1N1c3cc(-c4ccccc4)ccc3Bc3c(-c4cc5c(cc4Nc4ccc6c(c4)C(C)(C)CCC6(C)C)oc4ccccc45)cc(N(c4ccccc4)c4ccccc4)cc31)C(C)(C)CCC2(C)C. The monoisotopic (exact) mass is 990 g/mol. The van der Waals surface area contributed by atoms with Crippen molar-refractivity contribution < 1.29 is 4.42 Å². The average Bonchev–Trinajstić information content (AvgIpc) is 3.95. The van der Waals surface area contributed by atoms with Crippen molar-refractivity contribution in [3.8, 4) is 22.3 Å². The molecule has 5 heteroatoms. The van der Waals surface area contributed by atoms with Crippen LogP contribution in [0.5, 0.6) is 0 Å². The summed E-state index contributed by atoms with van der Waals surface area (Å²) in [6, 6.07) is 70.2. The second-order valence-electron chi connectivity index (χ2n) is 24.8. The highest BCUT2D eigenvalue weighted by molar-refractivity contribution is 6.73. The maximum Gasteiger partial charge on any atom is 0.198 e. The molecule has 2 aliphatic carbocycles. The summed E-state index contributed by atoms with van der Waals surface area (Å²) in [5.74, 6) is 0. The Morgan fingerprint density at radius 3 is 1.71 bits per heavy atom. The van der Waals surface area contributed by atoms with Gasteiger partial charge in [0.2, 0.25) is 0 Å². The Bertz CT molecular complexity index is 3860. The number of para-hydroxylation sites is 3. The molecule has 0 radical (unpaired) electrons. The van der Waals surface area contributed by atoms with Crippen molar-refractivity contribution in [2.75, 3.05) is 15.1 Å². The Kier molecular flexibility index (Phi) is 11.1. The van der Waals surface area contributed by atoms with E-state index in [0.717, 1.165) is 82.5 Å². The summed E-state index contributed by atoms with van der Waals surface area (Å²) >= 11 is 0. The first-order chi connectivity index (χ1) is 36.5. The van der Waals surface area contributed by atoms with Gasteiger partial charge < -0.3 is 19.5 Å². The van der Waals surface area contributed by atoms with Gasteiger partial charge >= 0.3 is 0 Å². The average molecular weight is 990 g/mol. The normalized spacial score (nSPS) is 16.5. The Balaban J connectivity index is 1.13. The van der Waals surface area contributed by atoms with Crippen molar-refractivity contribution >= 4 is 85.6 Å². The van der Waals surface area contributed by atoms with Crippen molar-refractivity contribution in [2.45, 2.75) is 110 Å². The van der Waals surface area contributed by atoms with Gasteiger partial charge in [-0.25, -0.2) is 0 Å². The van der Waals surface area contributed by atoms with Gasteiger partial charge in [-0.1, -0.05) is 170 Å². The fraction of sp³-hybridized carbons (Fsp3) is 0.239. The summed E-state index contributed by atoms with van der Waals surface area (Å²) in [6.07, 6.45) is 4.62. The standard InChI is InChI=1S/C71H68BN3O/c1-45-37-57-59(71(8,9)36-35-69(57,4)5)43-62(45)75-63-38-47(46-21-13-10-14-22-46)29-32-60(63)72-67-55(40-51(41-64(67)75)74(49-23-15-11-16-24-49)50-25-17-12-18-26-50)53-42-54-52-27-19-20-28-65(52)76-66(54)44-61(53)73-48-30-31-56-58(39-48)70(6,7)34-33-68(56,2)3/h10-32,37-44,72-73H,33-36H2,1-9H3. The molecule has 4 nitrogen and oxygen atoms in total. The van der Waals surface area contributed by atoms with Crippen molar-refractivity contribution in [1.29, 1.82) is 0 Å². The summed E-state index contributed by atoms with van der Waals surface area (Å²) in [5.41, 5.74) is 25.3. The van der Waals surface area contributed by atoms with Crippen molar-refractivity contribution in [2.24, 2.45) is 0 Å². The third-order valence-electron chi connectivity index (χ3n) is 17.9. The zero-order valence-electron chi connectivity index (χ0n) is 45.7. The molecule has 376 valence electrons. The number of nitrogens with one attached hydrogen (secondary N) is 1. The summed E-state index contributed by atoms with van der Waals surface area (Å²) in [4.78, 5) is 5.08. The van der Waals surface area contributed by atoms with Crippen molar-refractivity contribution in [1.82, 2.24) is 0 Å². The minimum absolute atomic E-state index is 0.00998. The molecule has 0 saturated heterocycles. The van der Waals surface area contributed by atoms with Gasteiger partial charge in [0, 0.05) is 62.2 Å². The molecule has 0 amide bonds. The van der Waals surface area contributed by atoms with E-state index in [1.807, 2.05) is 0 Å². The highest BCUT2D eigenvalue weighted by Crippen LogP contribution is 2.52. The fourth-order valence-corrected chi connectivity index (χ4v) is 13.2. The van der Waals surface area contributed by atoms with Gasteiger partial charge in [-0.2, -0.15) is 0 Å². The molecule has 76 heavy (non-hydrogen) atoms. The number of anilines is 8. The van der Waals surface area contributed by atoms with Gasteiger partial charge in [0.15, 0.2) is 7.28 Å². The molecule has 0 bridgehead atoms. The lowest BCUT2D eigenvalue weighted by atomic mass is 9.57. The summed E-state index contributed by atoms with van der Waals surface area (Å²) in [5, 5.41) is 6.31. The maximum atomic E-state index is 6.77. The third kappa shape index (κ3) is 8.04. The Morgan fingerprint density at radius 2 is 1.04 bits per heavy atom. The first-order valence-electron chi connectivity index (χ1n) is 27.6. The minimum atomic E-state index is 0.00998. The highest BCUT2D eigenvalue weighted by Gasteiger charge is 2.40. The second-order valence-corrected chi connectivity index (χ2v) is 24.8. The van der Waals surface area contributed by atoms with E-state index in [-0.39, 0.29) is 21.7 Å². The molecule has 0 atom stereocenters. The van der Waals surface area contributed by atoms with Crippen LogP contribution in [-0.2, 0) is 21.7 Å². The molecular formula is C71H68BN3O. The number of hydrogen-bond acceptors (Lipinski definition) is 4. The fourth-order valence-electron chi connectivity index (χ4n) is 13.2. The molecule has 0 saturated carbocycles. The molecule has 2 heterocycles. The van der Waals surface area contributed by atoms with Crippen LogP contribution in [0.15, 0.2) is 192 Å². The first-order valence-corrected chi connectivity index (χ1v) is 27.6. The van der Waals surface area contributed by atoms with Crippen LogP contribution >= 0.6 is 0 Å². The van der Waals surface area contributed by atoms with Crippen LogP contribution in [0.4, 0.5) is 45.5 Å². The van der Waals surface area contributed by atoms with Gasteiger partial charge in [-0.15, -0.1) is 0 Å². The number of aryl methyl sites for hydroxylation is 1. The number of nitrogens with zero attached hydrogens (tertiary/aromatic N) is 2. The second kappa shape index (κ2) is 17.7. The van der Waals surface area contributed by atoms with E-state index in [1.165, 1.54) is 78.9 Å². The van der Waals surface area contributed by atoms with Crippen LogP contribution in [0.1, 0.15) is 109 Å². The Labute approximate surface area is 450 Å². The van der Waals surface area contributed by atoms with E-state index in [1.54, 1.807) is 0 Å². The van der Waals surface area contributed by atoms with Crippen LogP contribution in [0, 0.1) is 6.92 Å². The topological polar surface area (TPSA) is 31.6 Å². The Hall–Kier alpha value is -7.76. The van der Waals surface area contributed by atoms with Gasteiger partial charge in [-0.05, 0) is 177 Å². The van der Waals surface area contributed by atoms with Crippen LogP contribution in [0.25, 0.3) is 44.2 Å². The Morgan fingerprint density at radius 1 is 0.447 bits per heavy atom. The molecule has 1 N–H and O–H groups in total. The van der Waals surface area contributed by atoms with Gasteiger partial charge in [0.05, 0.1) is 5.69 Å². The van der Waals surface area contributed by atoms with E-state index >= 15 is 0 Å². The van der Waals surface area contributed by atoms with E-state index in [9.17, 15) is 0 Å². The molecule has 1 aromatic heterocycles. The molecule has 9 aromatic carbocycles. The smallest absolute Gasteiger partial charge is 0.198 e. The van der Waals surface area contributed by atoms with Crippen LogP contribution in [0.2, 0.25) is 0 Å². The van der Waals surface area contributed by atoms with E-state index in [0.29, 0.717) is 0 Å². The molecule has 0 fully saturated rings. The van der Waals surface area contributed by atoms with E-state index in [4.69, 9.17) is 4.42 Å². The molecule has 13 rings (SSSR count). The van der Waals surface area contributed by atoms with Gasteiger partial charge in [-0.3, -0.25) is 0 Å². The van der Waals surface area contributed by atoms with Gasteiger partial charge in [0.25, 0.3) is 0 Å². The number of fused-ring (bicyclic) bond motifs is 7. The van der Waals surface area contributed by atoms with E-state index in [2.05, 4.69) is 265 Å². The lowest BCUT2D eigenvalue weighted by Gasteiger charge is -2.44. The molecule has 10 aromatic rings. The highest BCUT2D eigenvalue weighted by atomic mass is 16.3. The number of hydrogen-bond donors (Lipinski definition) is 1. The van der Waals surface area contributed by atoms with Crippen molar-refractivity contribution in [3.05, 3.63) is 216 Å². The van der Waals surface area contributed by atoms with Crippen LogP contribution < -0.4 is 26.0 Å². The summed E-state index contributed by atoms with van der Waals surface area (Å²) in [7, 11) is 0.747. The number of furan rings is 1. The van der Waals surface area contributed by atoms with E-state index < -0.39 is 0 Å². The van der Waals surface area contributed by atoms with Crippen LogP contribution in [-0.4, -0.2) is 7.28 Å². The predicted octanol–water partition coefficient (Wildman–Crippen LogP) is 18.3. The molecule has 3 aliphatic rings. The zero-order chi connectivity index (χ0) is 52.3. The predicted molar refractivity (Wildman–Crippen MR) is 325 cm³/mol. The summed E-state index contributed by atoms with van der Waals surface area (Å²) in [6.45, 7) is 21.8. The summed E-state index contributed by atoms with van der Waals surface area (Å²) < 4.78 is 6.77. The van der Waals surface area contributed by atoms with Gasteiger partial charge in [0.1, 0.15) is 11.2 Å². The first kappa shape index (κ1) is 47.9. The van der Waals surface area contributed by atoms with Crippen molar-refractivity contribution in [3.63, 3.8) is 0 Å².